The second-order valence-electron chi connectivity index (χ2n) is 6.10. The van der Waals surface area contributed by atoms with E-state index in [1.165, 1.54) is 11.3 Å². The summed E-state index contributed by atoms with van der Waals surface area (Å²) >= 11 is 5.98. The van der Waals surface area contributed by atoms with Crippen molar-refractivity contribution in [3.05, 3.63) is 65.2 Å². The van der Waals surface area contributed by atoms with Gasteiger partial charge in [0.25, 0.3) is 0 Å². The molecule has 0 amide bonds. The zero-order valence-electron chi connectivity index (χ0n) is 14.6. The number of ether oxygens (including phenoxy) is 1. The second-order valence-corrected chi connectivity index (χ2v) is 6.54. The van der Waals surface area contributed by atoms with Crippen molar-refractivity contribution in [3.63, 3.8) is 0 Å². The van der Waals surface area contributed by atoms with Gasteiger partial charge >= 0.3 is 0 Å². The van der Waals surface area contributed by atoms with E-state index in [9.17, 15) is 0 Å². The topological polar surface area (TPSA) is 15.7 Å². The molecule has 3 rings (SSSR count). The first-order chi connectivity index (χ1) is 11.8. The van der Waals surface area contributed by atoms with Crippen molar-refractivity contribution in [3.8, 4) is 0 Å². The van der Waals surface area contributed by atoms with E-state index in [2.05, 4.69) is 59.2 Å². The van der Waals surface area contributed by atoms with Gasteiger partial charge in [0, 0.05) is 49.9 Å². The van der Waals surface area contributed by atoms with Crippen LogP contribution in [0.1, 0.15) is 12.5 Å². The molecule has 3 nitrogen and oxygen atoms in total. The van der Waals surface area contributed by atoms with Crippen LogP contribution >= 0.6 is 24.0 Å². The highest BCUT2D eigenvalue weighted by atomic mass is 35.5. The summed E-state index contributed by atoms with van der Waals surface area (Å²) in [5, 5.41) is 0.789. The van der Waals surface area contributed by atoms with Crippen molar-refractivity contribution in [2.75, 3.05) is 37.7 Å². The van der Waals surface area contributed by atoms with E-state index in [-0.39, 0.29) is 18.6 Å². The molecule has 2 aromatic rings. The summed E-state index contributed by atoms with van der Waals surface area (Å²) in [6.07, 6.45) is 1.10. The molecule has 1 aliphatic rings. The fraction of sp³-hybridized carbons (Fsp3) is 0.400. The lowest BCUT2D eigenvalue weighted by Gasteiger charge is -2.40. The molecule has 0 N–H and O–H groups in total. The van der Waals surface area contributed by atoms with Gasteiger partial charge in [0.2, 0.25) is 0 Å². The molecule has 1 saturated heterocycles. The number of halogens is 2. The second kappa shape index (κ2) is 10.0. The van der Waals surface area contributed by atoms with Crippen LogP contribution < -0.4 is 4.90 Å². The van der Waals surface area contributed by atoms with Gasteiger partial charge < -0.3 is 9.64 Å². The molecule has 0 bridgehead atoms. The van der Waals surface area contributed by atoms with Gasteiger partial charge in [-0.1, -0.05) is 41.9 Å². The molecule has 136 valence electrons. The first kappa shape index (κ1) is 20.1. The molecule has 0 spiro atoms. The third-order valence-electron chi connectivity index (χ3n) is 4.53. The zero-order valence-corrected chi connectivity index (χ0v) is 16.2. The van der Waals surface area contributed by atoms with Gasteiger partial charge in [-0.25, -0.2) is 0 Å². The SMILES string of the molecule is CCOC(Cc1ccccc1)N1CCN(c2ccc(Cl)cc2)CC1.Cl. The minimum atomic E-state index is 0. The Morgan fingerprint density at radius 1 is 0.960 bits per heavy atom. The number of anilines is 1. The minimum Gasteiger partial charge on any atom is -0.369 e. The molecule has 1 heterocycles. The van der Waals surface area contributed by atoms with Crippen LogP contribution in [-0.2, 0) is 11.2 Å². The van der Waals surface area contributed by atoms with Crippen LogP contribution in [0, 0.1) is 0 Å². The summed E-state index contributed by atoms with van der Waals surface area (Å²) in [6.45, 7) is 6.87. The van der Waals surface area contributed by atoms with Crippen molar-refractivity contribution < 1.29 is 4.74 Å². The summed E-state index contributed by atoms with van der Waals surface area (Å²) in [7, 11) is 0. The lowest BCUT2D eigenvalue weighted by atomic mass is 10.1. The molecule has 25 heavy (non-hydrogen) atoms. The molecule has 1 aliphatic heterocycles. The Kier molecular flexibility index (Phi) is 8.04. The Labute approximate surface area is 161 Å². The summed E-state index contributed by atoms with van der Waals surface area (Å²) in [5.41, 5.74) is 2.58. The van der Waals surface area contributed by atoms with E-state index >= 15 is 0 Å². The smallest absolute Gasteiger partial charge is 0.114 e. The van der Waals surface area contributed by atoms with Crippen LogP contribution in [0.25, 0.3) is 0 Å². The molecule has 2 aromatic carbocycles. The van der Waals surface area contributed by atoms with E-state index in [4.69, 9.17) is 16.3 Å². The quantitative estimate of drug-likeness (QED) is 0.733. The molecular weight excluding hydrogens is 355 g/mol. The number of piperazine rings is 1. The molecule has 0 radical (unpaired) electrons. The van der Waals surface area contributed by atoms with Crippen LogP contribution in [0.4, 0.5) is 5.69 Å². The molecule has 1 unspecified atom stereocenters. The first-order valence-corrected chi connectivity index (χ1v) is 9.04. The van der Waals surface area contributed by atoms with E-state index in [1.54, 1.807) is 0 Å². The van der Waals surface area contributed by atoms with Crippen molar-refractivity contribution in [1.29, 1.82) is 0 Å². The highest BCUT2D eigenvalue weighted by Crippen LogP contribution is 2.21. The maximum Gasteiger partial charge on any atom is 0.114 e. The lowest BCUT2D eigenvalue weighted by molar-refractivity contribution is -0.0560. The van der Waals surface area contributed by atoms with Gasteiger partial charge in [-0.2, -0.15) is 0 Å². The van der Waals surface area contributed by atoms with Crippen molar-refractivity contribution in [2.45, 2.75) is 19.6 Å². The third-order valence-corrected chi connectivity index (χ3v) is 4.78. The van der Waals surface area contributed by atoms with Crippen LogP contribution in [0.15, 0.2) is 54.6 Å². The van der Waals surface area contributed by atoms with E-state index in [0.29, 0.717) is 0 Å². The summed E-state index contributed by atoms with van der Waals surface area (Å²) < 4.78 is 6.03. The molecule has 0 saturated carbocycles. The molecular formula is C20H26Cl2N2O. The standard InChI is InChI=1S/C20H25ClN2O.ClH/c1-2-24-20(16-17-6-4-3-5-7-17)23-14-12-22(13-15-23)19-10-8-18(21)9-11-19;/h3-11,20H,2,12-16H2,1H3;1H. The summed E-state index contributed by atoms with van der Waals surface area (Å²) in [4.78, 5) is 4.88. The average Bonchev–Trinajstić information content (AvgIpc) is 2.63. The van der Waals surface area contributed by atoms with Crippen LogP contribution in [0.2, 0.25) is 5.02 Å². The highest BCUT2D eigenvalue weighted by Gasteiger charge is 2.24. The monoisotopic (exact) mass is 380 g/mol. The summed E-state index contributed by atoms with van der Waals surface area (Å²) in [5.74, 6) is 0. The number of nitrogens with zero attached hydrogens (tertiary/aromatic N) is 2. The summed E-state index contributed by atoms with van der Waals surface area (Å²) in [6, 6.07) is 18.7. The third kappa shape index (κ3) is 5.61. The van der Waals surface area contributed by atoms with Gasteiger partial charge in [-0.3, -0.25) is 4.90 Å². The largest absolute Gasteiger partial charge is 0.369 e. The number of rotatable bonds is 6. The van der Waals surface area contributed by atoms with Crippen molar-refractivity contribution in [1.82, 2.24) is 4.90 Å². The normalized spacial score (nSPS) is 16.3. The predicted molar refractivity (Wildman–Crippen MR) is 108 cm³/mol. The maximum absolute atomic E-state index is 6.03. The van der Waals surface area contributed by atoms with Gasteiger partial charge in [0.05, 0.1) is 0 Å². The molecule has 1 fully saturated rings. The fourth-order valence-corrected chi connectivity index (χ4v) is 3.35. The van der Waals surface area contributed by atoms with Gasteiger partial charge in [0.15, 0.2) is 0 Å². The van der Waals surface area contributed by atoms with Gasteiger partial charge in [0.1, 0.15) is 6.23 Å². The van der Waals surface area contributed by atoms with E-state index < -0.39 is 0 Å². The fourth-order valence-electron chi connectivity index (χ4n) is 3.22. The predicted octanol–water partition coefficient (Wildman–Crippen LogP) is 4.49. The van der Waals surface area contributed by atoms with Crippen molar-refractivity contribution >= 4 is 29.7 Å². The van der Waals surface area contributed by atoms with Crippen LogP contribution in [0.3, 0.4) is 0 Å². The number of benzene rings is 2. The molecule has 1 atom stereocenters. The molecule has 0 aliphatic carbocycles. The van der Waals surface area contributed by atoms with Crippen molar-refractivity contribution in [2.24, 2.45) is 0 Å². The van der Waals surface area contributed by atoms with Gasteiger partial charge in [-0.15, -0.1) is 12.4 Å². The minimum absolute atomic E-state index is 0. The Balaban J connectivity index is 0.00000225. The van der Waals surface area contributed by atoms with E-state index in [1.807, 2.05) is 12.1 Å². The van der Waals surface area contributed by atoms with E-state index in [0.717, 1.165) is 44.2 Å². The average molecular weight is 381 g/mol. The number of hydrogen-bond acceptors (Lipinski definition) is 3. The Morgan fingerprint density at radius 2 is 1.60 bits per heavy atom. The molecule has 5 heteroatoms. The molecule has 0 aromatic heterocycles. The van der Waals surface area contributed by atoms with Gasteiger partial charge in [-0.05, 0) is 36.8 Å². The maximum atomic E-state index is 6.03. The van der Waals surface area contributed by atoms with Crippen LogP contribution in [-0.4, -0.2) is 43.9 Å². The highest BCUT2D eigenvalue weighted by molar-refractivity contribution is 6.30. The Bertz CT molecular complexity index is 613. The Morgan fingerprint density at radius 3 is 2.20 bits per heavy atom. The lowest BCUT2D eigenvalue weighted by Crippen LogP contribution is -2.51. The first-order valence-electron chi connectivity index (χ1n) is 8.66. The number of hydrogen-bond donors (Lipinski definition) is 0. The zero-order chi connectivity index (χ0) is 16.8. The van der Waals surface area contributed by atoms with Crippen LogP contribution in [0.5, 0.6) is 0 Å². The Hall–Kier alpha value is -1.26.